The average molecular weight is 287 g/mol. The van der Waals surface area contributed by atoms with Gasteiger partial charge in [-0.25, -0.2) is 0 Å². The maximum Gasteiger partial charge on any atom is 0.153 e. The summed E-state index contributed by atoms with van der Waals surface area (Å²) in [4.78, 5) is 14.3. The van der Waals surface area contributed by atoms with Crippen molar-refractivity contribution < 1.29 is 9.90 Å². The highest BCUT2D eigenvalue weighted by molar-refractivity contribution is 6.14. The zero-order chi connectivity index (χ0) is 15.1. The van der Waals surface area contributed by atoms with Crippen molar-refractivity contribution in [2.45, 2.75) is 0 Å². The Morgan fingerprint density at radius 2 is 1.73 bits per heavy atom. The number of benzene rings is 3. The Morgan fingerprint density at radius 3 is 2.55 bits per heavy atom. The molecule has 3 heteroatoms. The highest BCUT2D eigenvalue weighted by Gasteiger charge is 2.11. The molecule has 1 heterocycles. The Balaban J connectivity index is 2.06. The van der Waals surface area contributed by atoms with Crippen LogP contribution in [0, 0.1) is 0 Å². The van der Waals surface area contributed by atoms with E-state index in [4.69, 9.17) is 0 Å². The van der Waals surface area contributed by atoms with Crippen molar-refractivity contribution in [2.75, 3.05) is 0 Å². The van der Waals surface area contributed by atoms with E-state index in [0.29, 0.717) is 11.8 Å². The lowest BCUT2D eigenvalue weighted by Crippen LogP contribution is -1.84. The third-order valence-electron chi connectivity index (χ3n) is 4.00. The van der Waals surface area contributed by atoms with Gasteiger partial charge in [0.1, 0.15) is 5.75 Å². The summed E-state index contributed by atoms with van der Waals surface area (Å²) in [5.74, 6) is 0.00402. The largest absolute Gasteiger partial charge is 0.507 e. The zero-order valence-electron chi connectivity index (χ0n) is 11.7. The van der Waals surface area contributed by atoms with Gasteiger partial charge in [-0.1, -0.05) is 36.4 Å². The van der Waals surface area contributed by atoms with E-state index in [0.717, 1.165) is 32.9 Å². The molecule has 106 valence electrons. The van der Waals surface area contributed by atoms with Gasteiger partial charge < -0.3 is 10.1 Å². The van der Waals surface area contributed by atoms with Crippen LogP contribution in [0.25, 0.3) is 32.9 Å². The molecule has 0 aliphatic heterocycles. The van der Waals surface area contributed by atoms with Crippen LogP contribution in [0.5, 0.6) is 5.75 Å². The predicted octanol–water partition coefficient (Wildman–Crippen LogP) is 4.51. The molecule has 0 radical (unpaired) electrons. The predicted molar refractivity (Wildman–Crippen MR) is 88.3 cm³/mol. The van der Waals surface area contributed by atoms with Crippen molar-refractivity contribution in [3.05, 3.63) is 66.2 Å². The summed E-state index contributed by atoms with van der Waals surface area (Å²) in [5, 5.41) is 12.2. The number of carbonyl (C=O) groups excluding carboxylic acids is 1. The number of aromatic nitrogens is 1. The number of hydrogen-bond acceptors (Lipinski definition) is 2. The fourth-order valence-electron chi connectivity index (χ4n) is 2.95. The van der Waals surface area contributed by atoms with Gasteiger partial charge in [0, 0.05) is 21.8 Å². The van der Waals surface area contributed by atoms with Crippen LogP contribution in [0.4, 0.5) is 0 Å². The molecule has 0 aliphatic carbocycles. The maximum absolute atomic E-state index is 10.9. The molecule has 2 N–H and O–H groups in total. The first kappa shape index (κ1) is 12.7. The first-order valence-corrected chi connectivity index (χ1v) is 7.06. The fraction of sp³-hybridized carbons (Fsp3) is 0. The first-order chi connectivity index (χ1) is 10.8. The van der Waals surface area contributed by atoms with Crippen molar-refractivity contribution >= 4 is 28.1 Å². The summed E-state index contributed by atoms with van der Waals surface area (Å²) in [5.41, 5.74) is 4.35. The molecule has 0 unspecified atom stereocenters. The molecule has 1 aromatic heterocycles. The summed E-state index contributed by atoms with van der Waals surface area (Å²) in [7, 11) is 0. The van der Waals surface area contributed by atoms with Gasteiger partial charge in [0.25, 0.3) is 0 Å². The normalized spacial score (nSPS) is 11.1. The second kappa shape index (κ2) is 4.74. The van der Waals surface area contributed by atoms with E-state index < -0.39 is 0 Å². The molecule has 0 saturated heterocycles. The van der Waals surface area contributed by atoms with E-state index in [1.165, 1.54) is 0 Å². The number of fused-ring (bicyclic) bond motifs is 3. The highest BCUT2D eigenvalue weighted by Crippen LogP contribution is 2.35. The quantitative estimate of drug-likeness (QED) is 0.533. The molecule has 3 aromatic carbocycles. The van der Waals surface area contributed by atoms with Crippen molar-refractivity contribution in [1.82, 2.24) is 4.98 Å². The van der Waals surface area contributed by atoms with Gasteiger partial charge in [0.05, 0.1) is 5.56 Å². The minimum absolute atomic E-state index is 0.00402. The van der Waals surface area contributed by atoms with E-state index in [9.17, 15) is 9.90 Å². The molecule has 0 bridgehead atoms. The van der Waals surface area contributed by atoms with Gasteiger partial charge >= 0.3 is 0 Å². The molecule has 0 aliphatic rings. The summed E-state index contributed by atoms with van der Waals surface area (Å²) in [6.07, 6.45) is 0.658. The van der Waals surface area contributed by atoms with E-state index in [2.05, 4.69) is 11.1 Å². The Morgan fingerprint density at radius 1 is 0.909 bits per heavy atom. The number of rotatable bonds is 2. The van der Waals surface area contributed by atoms with Crippen molar-refractivity contribution in [3.8, 4) is 16.9 Å². The minimum Gasteiger partial charge on any atom is -0.507 e. The summed E-state index contributed by atoms with van der Waals surface area (Å²) >= 11 is 0. The number of phenolic OH excluding ortho intramolecular Hbond substituents is 1. The van der Waals surface area contributed by atoms with Crippen LogP contribution in [-0.4, -0.2) is 16.4 Å². The maximum atomic E-state index is 10.9. The SMILES string of the molecule is O=Cc1ccc(-c2cccc3[nH]c4ccccc4c23)cc1O. The van der Waals surface area contributed by atoms with E-state index in [1.54, 1.807) is 12.1 Å². The van der Waals surface area contributed by atoms with Crippen LogP contribution in [0.1, 0.15) is 10.4 Å². The topological polar surface area (TPSA) is 53.1 Å². The molecule has 0 saturated carbocycles. The smallest absolute Gasteiger partial charge is 0.153 e. The Hall–Kier alpha value is -3.07. The number of phenols is 1. The van der Waals surface area contributed by atoms with Gasteiger partial charge in [-0.2, -0.15) is 0 Å². The van der Waals surface area contributed by atoms with Crippen molar-refractivity contribution in [3.63, 3.8) is 0 Å². The molecule has 0 spiro atoms. The lowest BCUT2D eigenvalue weighted by Gasteiger charge is -2.06. The molecule has 3 nitrogen and oxygen atoms in total. The number of nitrogens with one attached hydrogen (secondary N) is 1. The number of aromatic amines is 1. The molecule has 0 fully saturated rings. The van der Waals surface area contributed by atoms with Gasteiger partial charge in [-0.15, -0.1) is 0 Å². The molecular formula is C19H13NO2. The lowest BCUT2D eigenvalue weighted by atomic mass is 9.98. The number of H-pyrrole nitrogens is 1. The van der Waals surface area contributed by atoms with E-state index >= 15 is 0 Å². The Labute approximate surface area is 126 Å². The van der Waals surface area contributed by atoms with Gasteiger partial charge in [-0.3, -0.25) is 4.79 Å². The molecule has 0 atom stereocenters. The summed E-state index contributed by atoms with van der Waals surface area (Å²) < 4.78 is 0. The van der Waals surface area contributed by atoms with Crippen molar-refractivity contribution in [1.29, 1.82) is 0 Å². The van der Waals surface area contributed by atoms with Crippen LogP contribution in [-0.2, 0) is 0 Å². The van der Waals surface area contributed by atoms with Crippen molar-refractivity contribution in [2.24, 2.45) is 0 Å². The molecule has 4 rings (SSSR count). The Bertz CT molecular complexity index is 1010. The summed E-state index contributed by atoms with van der Waals surface area (Å²) in [6, 6.07) is 19.3. The number of hydrogen-bond donors (Lipinski definition) is 2. The Kier molecular flexibility index (Phi) is 2.73. The standard InChI is InChI=1S/C19H13NO2/c21-11-13-9-8-12(10-18(13)22)14-5-3-7-17-19(14)15-4-1-2-6-16(15)20-17/h1-11,20,22H. The zero-order valence-corrected chi connectivity index (χ0v) is 11.7. The third kappa shape index (κ3) is 1.79. The van der Waals surface area contributed by atoms with E-state index in [1.807, 2.05) is 42.5 Å². The van der Waals surface area contributed by atoms with E-state index in [-0.39, 0.29) is 5.75 Å². The second-order valence-electron chi connectivity index (χ2n) is 5.29. The highest BCUT2D eigenvalue weighted by atomic mass is 16.3. The average Bonchev–Trinajstić information content (AvgIpc) is 2.93. The second-order valence-corrected chi connectivity index (χ2v) is 5.29. The molecule has 4 aromatic rings. The summed E-state index contributed by atoms with van der Waals surface area (Å²) in [6.45, 7) is 0. The number of carbonyl (C=O) groups is 1. The van der Waals surface area contributed by atoms with Gasteiger partial charge in [0.15, 0.2) is 6.29 Å². The van der Waals surface area contributed by atoms with Crippen LogP contribution >= 0.6 is 0 Å². The van der Waals surface area contributed by atoms with Gasteiger partial charge in [0.2, 0.25) is 0 Å². The monoisotopic (exact) mass is 287 g/mol. The number of aromatic hydroxyl groups is 1. The van der Waals surface area contributed by atoms with Crippen LogP contribution < -0.4 is 0 Å². The number of aldehydes is 1. The molecular weight excluding hydrogens is 274 g/mol. The van der Waals surface area contributed by atoms with Crippen LogP contribution in [0.15, 0.2) is 60.7 Å². The van der Waals surface area contributed by atoms with Crippen LogP contribution in [0.3, 0.4) is 0 Å². The molecule has 0 amide bonds. The van der Waals surface area contributed by atoms with Crippen LogP contribution in [0.2, 0.25) is 0 Å². The van der Waals surface area contributed by atoms with Gasteiger partial charge in [-0.05, 0) is 35.4 Å². The lowest BCUT2D eigenvalue weighted by molar-refractivity contribution is 0.112. The minimum atomic E-state index is 0.00402. The fourth-order valence-corrected chi connectivity index (χ4v) is 2.95. The third-order valence-corrected chi connectivity index (χ3v) is 4.00. The first-order valence-electron chi connectivity index (χ1n) is 7.06. The number of para-hydroxylation sites is 1. The molecule has 22 heavy (non-hydrogen) atoms.